The zero-order valence-corrected chi connectivity index (χ0v) is 18.7. The highest BCUT2D eigenvalue weighted by molar-refractivity contribution is 5.95. The van der Waals surface area contributed by atoms with Crippen LogP contribution < -0.4 is 15.2 Å². The molecule has 5 heteroatoms. The Kier molecular flexibility index (Phi) is 6.79. The minimum absolute atomic E-state index is 0.0690. The first-order valence-corrected chi connectivity index (χ1v) is 11.1. The largest absolute Gasteiger partial charge is 0.507 e. The number of amidine groups is 1. The number of benzene rings is 4. The van der Waals surface area contributed by atoms with Crippen molar-refractivity contribution in [3.8, 4) is 28.4 Å². The lowest BCUT2D eigenvalue weighted by Gasteiger charge is -2.14. The maximum Gasteiger partial charge on any atom is 0.127 e. The van der Waals surface area contributed by atoms with Gasteiger partial charge in [0.2, 0.25) is 0 Å². The maximum absolute atomic E-state index is 10.0. The number of phenols is 1. The van der Waals surface area contributed by atoms with E-state index in [9.17, 15) is 5.11 Å². The molecule has 33 heavy (non-hydrogen) atoms. The van der Waals surface area contributed by atoms with Crippen LogP contribution >= 0.6 is 0 Å². The number of fused-ring (bicyclic) bond motifs is 1. The number of nitrogens with one attached hydrogen (secondary N) is 1. The molecule has 0 aliphatic carbocycles. The maximum atomic E-state index is 10.0. The average molecular weight is 441 g/mol. The summed E-state index contributed by atoms with van der Waals surface area (Å²) in [7, 11) is 0. The van der Waals surface area contributed by atoms with Crippen LogP contribution in [0.15, 0.2) is 78.9 Å². The van der Waals surface area contributed by atoms with Crippen molar-refractivity contribution in [2.24, 2.45) is 5.73 Å². The zero-order valence-electron chi connectivity index (χ0n) is 18.7. The molecular formula is C28H28N2O3. The van der Waals surface area contributed by atoms with E-state index in [1.807, 2.05) is 66.7 Å². The predicted octanol–water partition coefficient (Wildman–Crippen LogP) is 5.91. The molecule has 0 amide bonds. The summed E-state index contributed by atoms with van der Waals surface area (Å²) in [5, 5.41) is 19.2. The van der Waals surface area contributed by atoms with Crippen LogP contribution in [-0.2, 0) is 6.42 Å². The number of phenolic OH excluding ortho intramolecular Hbond substituents is 1. The molecule has 4 aromatic carbocycles. The quantitative estimate of drug-likeness (QED) is 0.172. The van der Waals surface area contributed by atoms with E-state index in [0.29, 0.717) is 18.8 Å². The van der Waals surface area contributed by atoms with Gasteiger partial charge in [-0.25, -0.2) is 0 Å². The van der Waals surface area contributed by atoms with Gasteiger partial charge >= 0.3 is 0 Å². The van der Waals surface area contributed by atoms with Gasteiger partial charge in [-0.05, 0) is 47.4 Å². The smallest absolute Gasteiger partial charge is 0.127 e. The van der Waals surface area contributed by atoms with Crippen molar-refractivity contribution >= 4 is 16.6 Å². The molecule has 0 unspecified atom stereocenters. The molecule has 0 radical (unpaired) electrons. The van der Waals surface area contributed by atoms with E-state index in [4.69, 9.17) is 20.6 Å². The highest BCUT2D eigenvalue weighted by Gasteiger charge is 2.09. The molecule has 4 rings (SSSR count). The van der Waals surface area contributed by atoms with Crippen molar-refractivity contribution in [2.75, 3.05) is 13.2 Å². The molecule has 0 bridgehead atoms. The van der Waals surface area contributed by atoms with Gasteiger partial charge in [-0.3, -0.25) is 5.41 Å². The van der Waals surface area contributed by atoms with Crippen LogP contribution in [0.2, 0.25) is 0 Å². The summed E-state index contributed by atoms with van der Waals surface area (Å²) >= 11 is 0. The van der Waals surface area contributed by atoms with Gasteiger partial charge in [-0.2, -0.15) is 0 Å². The number of rotatable bonds is 9. The highest BCUT2D eigenvalue weighted by atomic mass is 16.5. The van der Waals surface area contributed by atoms with Crippen LogP contribution in [0, 0.1) is 5.41 Å². The number of hydrogen-bond acceptors (Lipinski definition) is 4. The number of ether oxygens (including phenoxy) is 2. The van der Waals surface area contributed by atoms with E-state index < -0.39 is 0 Å². The lowest BCUT2D eigenvalue weighted by atomic mass is 9.99. The van der Waals surface area contributed by atoms with E-state index in [0.717, 1.165) is 51.8 Å². The van der Waals surface area contributed by atoms with Gasteiger partial charge in [0.1, 0.15) is 36.3 Å². The molecule has 0 aliphatic rings. The molecule has 0 heterocycles. The van der Waals surface area contributed by atoms with Crippen molar-refractivity contribution in [3.63, 3.8) is 0 Å². The molecule has 0 atom stereocenters. The van der Waals surface area contributed by atoms with Gasteiger partial charge in [0.05, 0.1) is 0 Å². The number of nitrogens with two attached hydrogens (primary N) is 1. The fraction of sp³-hybridized carbons (Fsp3) is 0.179. The summed E-state index contributed by atoms with van der Waals surface area (Å²) in [6.07, 6.45) is 1.93. The zero-order chi connectivity index (χ0) is 23.2. The standard InChI is InChI=1S/C28H28N2O3/c1-2-5-22-18-21(19-10-12-20(13-11-19)28(29)30)14-15-26(22)32-16-17-33-27-9-4-6-23-24(27)7-3-8-25(23)31/h3-4,6-15,18,31H,2,5,16-17H2,1H3,(H3,29,30). The van der Waals surface area contributed by atoms with Crippen LogP contribution in [0.1, 0.15) is 24.5 Å². The molecule has 0 saturated heterocycles. The van der Waals surface area contributed by atoms with Crippen LogP contribution in [0.25, 0.3) is 21.9 Å². The van der Waals surface area contributed by atoms with Gasteiger partial charge in [0.25, 0.3) is 0 Å². The third-order valence-corrected chi connectivity index (χ3v) is 5.57. The Morgan fingerprint density at radius 1 is 0.818 bits per heavy atom. The summed E-state index contributed by atoms with van der Waals surface area (Å²) in [5.41, 5.74) is 9.61. The normalized spacial score (nSPS) is 10.8. The van der Waals surface area contributed by atoms with Crippen molar-refractivity contribution in [2.45, 2.75) is 19.8 Å². The minimum Gasteiger partial charge on any atom is -0.507 e. The first kappa shape index (κ1) is 22.2. The molecule has 4 N–H and O–H groups in total. The Labute approximate surface area is 193 Å². The summed E-state index contributed by atoms with van der Waals surface area (Å²) in [6, 6.07) is 25.0. The van der Waals surface area contributed by atoms with Crippen LogP contribution in [0.5, 0.6) is 17.2 Å². The van der Waals surface area contributed by atoms with Crippen molar-refractivity contribution in [1.29, 1.82) is 5.41 Å². The molecule has 0 aromatic heterocycles. The van der Waals surface area contributed by atoms with Gasteiger partial charge in [0, 0.05) is 16.3 Å². The predicted molar refractivity (Wildman–Crippen MR) is 133 cm³/mol. The summed E-state index contributed by atoms with van der Waals surface area (Å²) < 4.78 is 12.0. The van der Waals surface area contributed by atoms with Gasteiger partial charge < -0.3 is 20.3 Å². The SMILES string of the molecule is CCCc1cc(-c2ccc(C(=N)N)cc2)ccc1OCCOc1cccc2c(O)cccc12. The Morgan fingerprint density at radius 3 is 2.21 bits per heavy atom. The molecule has 4 aromatic rings. The Bertz CT molecular complexity index is 1270. The number of nitrogen functional groups attached to an aromatic ring is 1. The third-order valence-electron chi connectivity index (χ3n) is 5.57. The molecule has 0 saturated carbocycles. The van der Waals surface area contributed by atoms with Crippen LogP contribution in [0.4, 0.5) is 0 Å². The first-order valence-electron chi connectivity index (χ1n) is 11.1. The Balaban J connectivity index is 1.44. The van der Waals surface area contributed by atoms with Crippen molar-refractivity contribution in [1.82, 2.24) is 0 Å². The van der Waals surface area contributed by atoms with E-state index in [-0.39, 0.29) is 11.6 Å². The van der Waals surface area contributed by atoms with E-state index in [1.165, 1.54) is 0 Å². The molecule has 168 valence electrons. The second-order valence-electron chi connectivity index (χ2n) is 7.89. The van der Waals surface area contributed by atoms with Gasteiger partial charge in [-0.1, -0.05) is 67.9 Å². The van der Waals surface area contributed by atoms with Crippen molar-refractivity contribution in [3.05, 3.63) is 90.0 Å². The number of aryl methyl sites for hydroxylation is 1. The second kappa shape index (κ2) is 10.1. The van der Waals surface area contributed by atoms with E-state index >= 15 is 0 Å². The molecule has 0 spiro atoms. The molecule has 0 fully saturated rings. The van der Waals surface area contributed by atoms with E-state index in [2.05, 4.69) is 13.0 Å². The number of aromatic hydroxyl groups is 1. The lowest BCUT2D eigenvalue weighted by molar-refractivity contribution is 0.217. The topological polar surface area (TPSA) is 88.6 Å². The lowest BCUT2D eigenvalue weighted by Crippen LogP contribution is -2.10. The van der Waals surface area contributed by atoms with Crippen LogP contribution in [-0.4, -0.2) is 24.2 Å². The minimum atomic E-state index is 0.0690. The molecule has 5 nitrogen and oxygen atoms in total. The van der Waals surface area contributed by atoms with Gasteiger partial charge in [0.15, 0.2) is 0 Å². The summed E-state index contributed by atoms with van der Waals surface area (Å²) in [6.45, 7) is 2.96. The Morgan fingerprint density at radius 2 is 1.48 bits per heavy atom. The van der Waals surface area contributed by atoms with Crippen molar-refractivity contribution < 1.29 is 14.6 Å². The highest BCUT2D eigenvalue weighted by Crippen LogP contribution is 2.31. The third kappa shape index (κ3) is 5.09. The average Bonchev–Trinajstić information content (AvgIpc) is 2.83. The van der Waals surface area contributed by atoms with E-state index in [1.54, 1.807) is 6.07 Å². The second-order valence-corrected chi connectivity index (χ2v) is 7.89. The fourth-order valence-corrected chi connectivity index (χ4v) is 3.90. The summed E-state index contributed by atoms with van der Waals surface area (Å²) in [4.78, 5) is 0. The molecule has 0 aliphatic heterocycles. The Hall–Kier alpha value is -3.99. The fourth-order valence-electron chi connectivity index (χ4n) is 3.90. The van der Waals surface area contributed by atoms with Gasteiger partial charge in [-0.15, -0.1) is 0 Å². The first-order chi connectivity index (χ1) is 16.1. The number of hydrogen-bond donors (Lipinski definition) is 3. The monoisotopic (exact) mass is 440 g/mol. The van der Waals surface area contributed by atoms with Crippen LogP contribution in [0.3, 0.4) is 0 Å². The molecular weight excluding hydrogens is 412 g/mol. The summed E-state index contributed by atoms with van der Waals surface area (Å²) in [5.74, 6) is 1.90.